The third-order valence-corrected chi connectivity index (χ3v) is 5.01. The van der Waals surface area contributed by atoms with Gasteiger partial charge in [0.25, 0.3) is 11.8 Å². The minimum atomic E-state index is -0.619. The van der Waals surface area contributed by atoms with Gasteiger partial charge in [-0.25, -0.2) is 0 Å². The second-order valence-corrected chi connectivity index (χ2v) is 7.68. The highest BCUT2D eigenvalue weighted by Crippen LogP contribution is 2.20. The van der Waals surface area contributed by atoms with Crippen LogP contribution < -0.4 is 16.2 Å². The average Bonchev–Trinajstić information content (AvgIpc) is 3.19. The summed E-state index contributed by atoms with van der Waals surface area (Å²) in [5, 5.41) is 3.15. The molecule has 0 spiro atoms. The average molecular weight is 490 g/mol. The lowest BCUT2D eigenvalue weighted by molar-refractivity contribution is -0.122. The van der Waals surface area contributed by atoms with E-state index in [1.54, 1.807) is 48.7 Å². The zero-order chi connectivity index (χ0) is 21.5. The van der Waals surface area contributed by atoms with E-state index in [0.717, 1.165) is 5.56 Å². The van der Waals surface area contributed by atoms with Gasteiger partial charge in [-0.15, -0.1) is 0 Å². The number of hydrazine groups is 1. The van der Waals surface area contributed by atoms with Gasteiger partial charge < -0.3 is 10.3 Å². The van der Waals surface area contributed by atoms with Crippen molar-refractivity contribution in [2.45, 2.75) is 12.5 Å². The highest BCUT2D eigenvalue weighted by molar-refractivity contribution is 9.10. The Morgan fingerprint density at radius 2 is 1.67 bits per heavy atom. The van der Waals surface area contributed by atoms with Gasteiger partial charge >= 0.3 is 0 Å². The predicted octanol–water partition coefficient (Wildman–Crippen LogP) is 3.75. The van der Waals surface area contributed by atoms with Gasteiger partial charge in [0.15, 0.2) is 0 Å². The van der Waals surface area contributed by atoms with Crippen molar-refractivity contribution in [2.24, 2.45) is 0 Å². The summed E-state index contributed by atoms with van der Waals surface area (Å²) in [5.41, 5.74) is 6.04. The second-order valence-electron chi connectivity index (χ2n) is 6.35. The summed E-state index contributed by atoms with van der Waals surface area (Å²) in [6.45, 7) is 0. The standard InChI is InChI=1S/C21H18BrClN4O3/c22-14-10-18(24-12-14)21(30)27-26-19(28)11-17(13-6-2-1-3-7-13)25-20(29)15-8-4-5-9-16(15)23/h1-10,12,17,24H,11H2,(H,25,29)(H,26,28)(H,27,30). The van der Waals surface area contributed by atoms with Crippen LogP contribution in [0.2, 0.25) is 5.02 Å². The first-order valence-electron chi connectivity index (χ1n) is 8.97. The molecule has 1 atom stereocenters. The molecular weight excluding hydrogens is 472 g/mol. The zero-order valence-electron chi connectivity index (χ0n) is 15.6. The van der Waals surface area contributed by atoms with Crippen molar-refractivity contribution in [1.29, 1.82) is 0 Å². The van der Waals surface area contributed by atoms with Gasteiger partial charge in [-0.2, -0.15) is 0 Å². The number of halogens is 2. The number of carbonyl (C=O) groups is 3. The lowest BCUT2D eigenvalue weighted by Crippen LogP contribution is -2.43. The summed E-state index contributed by atoms with van der Waals surface area (Å²) < 4.78 is 0.713. The number of rotatable bonds is 6. The van der Waals surface area contributed by atoms with Crippen molar-refractivity contribution >= 4 is 45.3 Å². The Kier molecular flexibility index (Phi) is 7.26. The van der Waals surface area contributed by atoms with Crippen LogP contribution in [0.3, 0.4) is 0 Å². The number of nitrogens with one attached hydrogen (secondary N) is 4. The molecule has 9 heteroatoms. The van der Waals surface area contributed by atoms with E-state index >= 15 is 0 Å². The summed E-state index contributed by atoms with van der Waals surface area (Å²) in [6, 6.07) is 16.7. The Hall–Kier alpha value is -3.10. The lowest BCUT2D eigenvalue weighted by Gasteiger charge is -2.19. The molecule has 3 amide bonds. The topological polar surface area (TPSA) is 103 Å². The minimum Gasteiger partial charge on any atom is -0.356 e. The molecule has 0 aliphatic heterocycles. The Balaban J connectivity index is 1.67. The van der Waals surface area contributed by atoms with E-state index < -0.39 is 23.8 Å². The third kappa shape index (κ3) is 5.71. The molecule has 4 N–H and O–H groups in total. The molecule has 0 saturated carbocycles. The highest BCUT2D eigenvalue weighted by atomic mass is 79.9. The Bertz CT molecular complexity index is 1060. The number of carbonyl (C=O) groups excluding carboxylic acids is 3. The maximum atomic E-state index is 12.7. The van der Waals surface area contributed by atoms with Crippen molar-refractivity contribution in [3.63, 3.8) is 0 Å². The fourth-order valence-electron chi connectivity index (χ4n) is 2.75. The number of aromatic nitrogens is 1. The minimum absolute atomic E-state index is 0.0884. The summed E-state index contributed by atoms with van der Waals surface area (Å²) >= 11 is 9.34. The van der Waals surface area contributed by atoms with E-state index in [9.17, 15) is 14.4 Å². The van der Waals surface area contributed by atoms with Crippen molar-refractivity contribution in [1.82, 2.24) is 21.2 Å². The molecule has 1 heterocycles. The molecule has 2 aromatic carbocycles. The van der Waals surface area contributed by atoms with Gasteiger partial charge in [0.05, 0.1) is 23.0 Å². The maximum Gasteiger partial charge on any atom is 0.286 e. The number of H-pyrrole nitrogens is 1. The van der Waals surface area contributed by atoms with Crippen molar-refractivity contribution in [2.75, 3.05) is 0 Å². The molecule has 0 aliphatic rings. The van der Waals surface area contributed by atoms with Crippen LogP contribution in [0, 0.1) is 0 Å². The number of benzene rings is 2. The van der Waals surface area contributed by atoms with Crippen molar-refractivity contribution in [3.05, 3.63) is 93.2 Å². The highest BCUT2D eigenvalue weighted by Gasteiger charge is 2.21. The van der Waals surface area contributed by atoms with Crippen LogP contribution in [-0.4, -0.2) is 22.7 Å². The van der Waals surface area contributed by atoms with Crippen LogP contribution >= 0.6 is 27.5 Å². The fourth-order valence-corrected chi connectivity index (χ4v) is 3.31. The Morgan fingerprint density at radius 1 is 0.967 bits per heavy atom. The molecule has 7 nitrogen and oxygen atoms in total. The number of hydrogen-bond acceptors (Lipinski definition) is 3. The number of hydrogen-bond donors (Lipinski definition) is 4. The van der Waals surface area contributed by atoms with E-state index in [4.69, 9.17) is 11.6 Å². The lowest BCUT2D eigenvalue weighted by atomic mass is 10.0. The molecule has 1 aromatic heterocycles. The Morgan fingerprint density at radius 3 is 2.33 bits per heavy atom. The number of aromatic amines is 1. The van der Waals surface area contributed by atoms with Gasteiger partial charge in [-0.3, -0.25) is 25.2 Å². The predicted molar refractivity (Wildman–Crippen MR) is 117 cm³/mol. The van der Waals surface area contributed by atoms with E-state index in [2.05, 4.69) is 37.1 Å². The smallest absolute Gasteiger partial charge is 0.286 e. The van der Waals surface area contributed by atoms with Crippen LogP contribution in [0.5, 0.6) is 0 Å². The largest absolute Gasteiger partial charge is 0.356 e. The van der Waals surface area contributed by atoms with Crippen LogP contribution in [0.1, 0.15) is 38.9 Å². The molecule has 3 rings (SSSR count). The van der Waals surface area contributed by atoms with E-state index in [1.165, 1.54) is 0 Å². The molecule has 1 unspecified atom stereocenters. The first kappa shape index (κ1) is 21.6. The van der Waals surface area contributed by atoms with Crippen molar-refractivity contribution < 1.29 is 14.4 Å². The second kappa shape index (κ2) is 10.1. The molecule has 0 aliphatic carbocycles. The maximum absolute atomic E-state index is 12.7. The summed E-state index contributed by atoms with van der Waals surface area (Å²) in [5.74, 6) is -1.37. The fraction of sp³-hybridized carbons (Fsp3) is 0.0952. The molecular formula is C21H18BrClN4O3. The number of amides is 3. The van der Waals surface area contributed by atoms with E-state index in [0.29, 0.717) is 15.1 Å². The molecule has 30 heavy (non-hydrogen) atoms. The molecule has 0 bridgehead atoms. The summed E-state index contributed by atoms with van der Waals surface area (Å²) in [7, 11) is 0. The third-order valence-electron chi connectivity index (χ3n) is 4.22. The van der Waals surface area contributed by atoms with E-state index in [1.807, 2.05) is 18.2 Å². The normalized spacial score (nSPS) is 11.4. The molecule has 154 valence electrons. The quantitative estimate of drug-likeness (QED) is 0.397. The summed E-state index contributed by atoms with van der Waals surface area (Å²) in [4.78, 5) is 39.9. The molecule has 3 aromatic rings. The van der Waals surface area contributed by atoms with Gasteiger partial charge in [0.1, 0.15) is 5.69 Å². The van der Waals surface area contributed by atoms with E-state index in [-0.39, 0.29) is 12.1 Å². The molecule has 0 fully saturated rings. The van der Waals surface area contributed by atoms with Crippen LogP contribution in [-0.2, 0) is 4.79 Å². The van der Waals surface area contributed by atoms with Gasteiger partial charge in [-0.05, 0) is 39.7 Å². The van der Waals surface area contributed by atoms with Crippen LogP contribution in [0.4, 0.5) is 0 Å². The molecule has 0 saturated heterocycles. The van der Waals surface area contributed by atoms with Gasteiger partial charge in [0.2, 0.25) is 5.91 Å². The van der Waals surface area contributed by atoms with Crippen LogP contribution in [0.25, 0.3) is 0 Å². The first-order valence-corrected chi connectivity index (χ1v) is 10.1. The Labute approximate surface area is 186 Å². The van der Waals surface area contributed by atoms with Gasteiger partial charge in [0, 0.05) is 10.7 Å². The summed E-state index contributed by atoms with van der Waals surface area (Å²) in [6.07, 6.45) is 1.52. The van der Waals surface area contributed by atoms with Crippen molar-refractivity contribution in [3.8, 4) is 0 Å². The first-order chi connectivity index (χ1) is 14.4. The SMILES string of the molecule is O=C(CC(NC(=O)c1ccccc1Cl)c1ccccc1)NNC(=O)c1cc(Br)c[nH]1. The van der Waals surface area contributed by atoms with Crippen LogP contribution in [0.15, 0.2) is 71.3 Å². The van der Waals surface area contributed by atoms with Gasteiger partial charge in [-0.1, -0.05) is 54.1 Å². The molecule has 0 radical (unpaired) electrons. The monoisotopic (exact) mass is 488 g/mol. The zero-order valence-corrected chi connectivity index (χ0v) is 18.0.